The Labute approximate surface area is 190 Å². The Hall–Kier alpha value is -2.50. The molecule has 0 saturated heterocycles. The van der Waals surface area contributed by atoms with Gasteiger partial charge in [0.15, 0.2) is 0 Å². The van der Waals surface area contributed by atoms with E-state index in [0.717, 1.165) is 0 Å². The highest BCUT2D eigenvalue weighted by Gasteiger charge is 2.56. The van der Waals surface area contributed by atoms with Crippen LogP contribution in [-0.4, -0.2) is 36.2 Å². The van der Waals surface area contributed by atoms with E-state index in [-0.39, 0.29) is 17.0 Å². The van der Waals surface area contributed by atoms with Gasteiger partial charge in [-0.15, -0.1) is 0 Å². The maximum atomic E-state index is 13.9. The summed E-state index contributed by atoms with van der Waals surface area (Å²) in [6, 6.07) is 11.9. The minimum atomic E-state index is -4.94. The fourth-order valence-corrected chi connectivity index (χ4v) is 3.49. The fraction of sp³-hybridized carbons (Fsp3) is 0.333. The Kier molecular flexibility index (Phi) is 6.40. The van der Waals surface area contributed by atoms with Gasteiger partial charge in [-0.3, -0.25) is 0 Å². The van der Waals surface area contributed by atoms with Crippen LogP contribution in [0.25, 0.3) is 0 Å². The smallest absolute Gasteiger partial charge is 0.431 e. The predicted octanol–water partition coefficient (Wildman–Crippen LogP) is 5.54. The van der Waals surface area contributed by atoms with E-state index in [1.54, 1.807) is 39.0 Å². The Bertz CT molecular complexity index is 989. The van der Waals surface area contributed by atoms with Crippen LogP contribution in [0.1, 0.15) is 31.1 Å². The van der Waals surface area contributed by atoms with Gasteiger partial charge in [0.25, 0.3) is 0 Å². The average Bonchev–Trinajstić information content (AvgIpc) is 2.65. The lowest BCUT2D eigenvalue weighted by atomic mass is 10.1. The maximum absolute atomic E-state index is 13.9. The quantitative estimate of drug-likeness (QED) is 0.364. The van der Waals surface area contributed by atoms with Crippen molar-refractivity contribution in [2.75, 3.05) is 4.90 Å². The first-order chi connectivity index (χ1) is 14.4. The molecule has 166 valence electrons. The molecule has 0 aliphatic carbocycles. The first-order valence-corrected chi connectivity index (χ1v) is 10.3. The van der Waals surface area contributed by atoms with E-state index < -0.39 is 36.2 Å². The summed E-state index contributed by atoms with van der Waals surface area (Å²) in [5.41, 5.74) is -0.939. The van der Waals surface area contributed by atoms with E-state index in [1.165, 1.54) is 30.3 Å². The van der Waals surface area contributed by atoms with Gasteiger partial charge in [-0.2, -0.15) is 13.2 Å². The lowest BCUT2D eigenvalue weighted by Gasteiger charge is -2.41. The van der Waals surface area contributed by atoms with Gasteiger partial charge in [0.1, 0.15) is 11.4 Å². The molecule has 31 heavy (non-hydrogen) atoms. The number of para-hydroxylation sites is 2. The van der Waals surface area contributed by atoms with E-state index in [9.17, 15) is 22.8 Å². The summed E-state index contributed by atoms with van der Waals surface area (Å²) in [5.74, 6) is -1.21. The van der Waals surface area contributed by atoms with Crippen LogP contribution in [0.5, 0.6) is 5.75 Å². The number of benzene rings is 2. The molecule has 0 bridgehead atoms. The Morgan fingerprint density at radius 2 is 1.65 bits per heavy atom. The van der Waals surface area contributed by atoms with Crippen LogP contribution in [0.2, 0.25) is 0 Å². The predicted molar refractivity (Wildman–Crippen MR) is 114 cm³/mol. The van der Waals surface area contributed by atoms with Crippen molar-refractivity contribution in [3.63, 3.8) is 0 Å². The highest BCUT2D eigenvalue weighted by Crippen LogP contribution is 2.42. The molecule has 6 nitrogen and oxygen atoms in total. The lowest BCUT2D eigenvalue weighted by molar-refractivity contribution is -0.222. The average molecular weight is 549 g/mol. The van der Waals surface area contributed by atoms with E-state index in [2.05, 4.69) is 0 Å². The van der Waals surface area contributed by atoms with Gasteiger partial charge in [0.2, 0.25) is 12.3 Å². The van der Waals surface area contributed by atoms with Crippen molar-refractivity contribution in [3.8, 4) is 5.75 Å². The number of hydrogen-bond acceptors (Lipinski definition) is 5. The standard InChI is InChI=1S/C21H19F3INO5/c1-20(2,3)31-19(28)26-14-10-6-7-11-15(14)29-16(21(22,23)24)17(26)30-18(27)12-8-4-5-9-13(12)25/h4-11,16-17H,1-3H3/t16-,17+/m1/s1. The van der Waals surface area contributed by atoms with Crippen molar-refractivity contribution in [1.82, 2.24) is 0 Å². The molecule has 0 spiro atoms. The molecule has 1 amide bonds. The maximum Gasteiger partial charge on any atom is 0.431 e. The fourth-order valence-electron chi connectivity index (χ4n) is 2.88. The number of anilines is 1. The monoisotopic (exact) mass is 549 g/mol. The SMILES string of the molecule is CC(C)(C)OC(=O)N1c2ccccc2O[C@@H](C(F)(F)F)[C@@H]1OC(=O)c1ccccc1I. The Morgan fingerprint density at radius 3 is 2.26 bits per heavy atom. The second-order valence-electron chi connectivity index (χ2n) is 7.67. The summed E-state index contributed by atoms with van der Waals surface area (Å²) < 4.78 is 57.8. The Balaban J connectivity index is 2.08. The van der Waals surface area contributed by atoms with Crippen LogP contribution in [0.4, 0.5) is 23.7 Å². The molecule has 0 fully saturated rings. The largest absolute Gasteiger partial charge is 0.473 e. The van der Waals surface area contributed by atoms with E-state index >= 15 is 0 Å². The number of halogens is 4. The van der Waals surface area contributed by atoms with Crippen LogP contribution in [0, 0.1) is 3.57 Å². The summed E-state index contributed by atoms with van der Waals surface area (Å²) in [6.07, 6.45) is -10.8. The second-order valence-corrected chi connectivity index (χ2v) is 8.84. The number of esters is 1. The van der Waals surface area contributed by atoms with Crippen molar-refractivity contribution in [2.24, 2.45) is 0 Å². The van der Waals surface area contributed by atoms with Crippen LogP contribution in [0.3, 0.4) is 0 Å². The first-order valence-electron chi connectivity index (χ1n) is 9.18. The number of rotatable bonds is 2. The number of hydrogen-bond donors (Lipinski definition) is 0. The molecule has 10 heteroatoms. The van der Waals surface area contributed by atoms with Crippen molar-refractivity contribution in [2.45, 2.75) is 44.9 Å². The number of carbonyl (C=O) groups excluding carboxylic acids is 2. The zero-order valence-corrected chi connectivity index (χ0v) is 18.9. The molecule has 3 rings (SSSR count). The van der Waals surface area contributed by atoms with E-state index in [1.807, 2.05) is 22.6 Å². The minimum Gasteiger partial charge on any atom is -0.473 e. The molecule has 1 heterocycles. The van der Waals surface area contributed by atoms with Gasteiger partial charge in [-0.05, 0) is 67.6 Å². The zero-order chi connectivity index (χ0) is 23.0. The van der Waals surface area contributed by atoms with Crippen molar-refractivity contribution in [1.29, 1.82) is 0 Å². The van der Waals surface area contributed by atoms with Gasteiger partial charge in [0, 0.05) is 3.57 Å². The molecule has 0 radical (unpaired) electrons. The van der Waals surface area contributed by atoms with Crippen LogP contribution < -0.4 is 9.64 Å². The van der Waals surface area contributed by atoms with Crippen molar-refractivity contribution < 1.29 is 37.0 Å². The minimum absolute atomic E-state index is 0.00203. The zero-order valence-electron chi connectivity index (χ0n) is 16.8. The highest BCUT2D eigenvalue weighted by atomic mass is 127. The first kappa shape index (κ1) is 23.2. The molecule has 1 aliphatic heterocycles. The van der Waals surface area contributed by atoms with Crippen molar-refractivity contribution >= 4 is 40.3 Å². The molecular formula is C21H19F3INO5. The highest BCUT2D eigenvalue weighted by molar-refractivity contribution is 14.1. The molecule has 0 unspecified atom stereocenters. The van der Waals surface area contributed by atoms with E-state index in [4.69, 9.17) is 14.2 Å². The molecule has 0 aromatic heterocycles. The summed E-state index contributed by atoms with van der Waals surface area (Å²) in [5, 5.41) is 0. The molecule has 2 atom stereocenters. The molecule has 1 aliphatic rings. The number of fused-ring (bicyclic) bond motifs is 1. The van der Waals surface area contributed by atoms with Gasteiger partial charge in [-0.25, -0.2) is 14.5 Å². The third-order valence-corrected chi connectivity index (χ3v) is 5.07. The molecular weight excluding hydrogens is 530 g/mol. The van der Waals surface area contributed by atoms with Gasteiger partial charge >= 0.3 is 18.2 Å². The van der Waals surface area contributed by atoms with Crippen LogP contribution in [0.15, 0.2) is 48.5 Å². The normalized spacial score (nSPS) is 18.6. The molecule has 0 N–H and O–H groups in total. The summed E-state index contributed by atoms with van der Waals surface area (Å²) >= 11 is 1.87. The lowest BCUT2D eigenvalue weighted by Crippen LogP contribution is -2.60. The topological polar surface area (TPSA) is 65.1 Å². The van der Waals surface area contributed by atoms with Crippen LogP contribution >= 0.6 is 22.6 Å². The number of carbonyl (C=O) groups is 2. The number of alkyl halides is 3. The molecule has 0 saturated carbocycles. The van der Waals surface area contributed by atoms with Crippen LogP contribution in [-0.2, 0) is 9.47 Å². The van der Waals surface area contributed by atoms with Gasteiger partial charge in [-0.1, -0.05) is 24.3 Å². The number of nitrogens with zero attached hydrogens (tertiary/aromatic N) is 1. The van der Waals surface area contributed by atoms with Crippen molar-refractivity contribution in [3.05, 3.63) is 57.7 Å². The van der Waals surface area contributed by atoms with Gasteiger partial charge in [0.05, 0.1) is 11.3 Å². The summed E-state index contributed by atoms with van der Waals surface area (Å²) in [4.78, 5) is 26.4. The van der Waals surface area contributed by atoms with Gasteiger partial charge < -0.3 is 14.2 Å². The second kappa shape index (κ2) is 8.56. The molecule has 2 aromatic carbocycles. The number of amides is 1. The Morgan fingerprint density at radius 1 is 1.03 bits per heavy atom. The molecule has 2 aromatic rings. The number of ether oxygens (including phenoxy) is 3. The van der Waals surface area contributed by atoms with E-state index in [0.29, 0.717) is 8.47 Å². The third-order valence-electron chi connectivity index (χ3n) is 4.13. The summed E-state index contributed by atoms with van der Waals surface area (Å²) in [7, 11) is 0. The third kappa shape index (κ3) is 5.23. The summed E-state index contributed by atoms with van der Waals surface area (Å²) in [6.45, 7) is 4.73.